The number of morpholine rings is 2. The Morgan fingerprint density at radius 3 is 2.68 bits per heavy atom. The van der Waals surface area contributed by atoms with E-state index in [0.29, 0.717) is 31.5 Å². The zero-order valence-electron chi connectivity index (χ0n) is 14.8. The number of carbonyl (C=O) groups excluding carboxylic acids is 1. The van der Waals surface area contributed by atoms with E-state index in [-0.39, 0.29) is 17.9 Å². The third-order valence-electron chi connectivity index (χ3n) is 5.43. The normalized spacial score (nSPS) is 30.0. The van der Waals surface area contributed by atoms with Gasteiger partial charge in [-0.1, -0.05) is 6.92 Å². The van der Waals surface area contributed by atoms with Crippen LogP contribution in [-0.2, 0) is 14.3 Å². The molecule has 3 aliphatic rings. The van der Waals surface area contributed by atoms with Crippen LogP contribution in [0.2, 0.25) is 0 Å². The molecular weight excluding hydrogens is 320 g/mol. The molecule has 3 heterocycles. The summed E-state index contributed by atoms with van der Waals surface area (Å²) in [5.74, 6) is 2.66. The van der Waals surface area contributed by atoms with Crippen molar-refractivity contribution in [1.29, 1.82) is 0 Å². The molecule has 1 aromatic rings. The van der Waals surface area contributed by atoms with Crippen LogP contribution in [0.1, 0.15) is 31.6 Å². The van der Waals surface area contributed by atoms with Crippen LogP contribution in [0.25, 0.3) is 0 Å². The van der Waals surface area contributed by atoms with E-state index in [1.54, 1.807) is 6.20 Å². The van der Waals surface area contributed by atoms with E-state index < -0.39 is 0 Å². The lowest BCUT2D eigenvalue weighted by molar-refractivity contribution is -0.149. The fourth-order valence-corrected chi connectivity index (χ4v) is 3.91. The van der Waals surface area contributed by atoms with Crippen LogP contribution in [0.3, 0.4) is 0 Å². The van der Waals surface area contributed by atoms with Gasteiger partial charge < -0.3 is 19.3 Å². The second-order valence-corrected chi connectivity index (χ2v) is 7.27. The maximum Gasteiger partial charge on any atom is 0.226 e. The van der Waals surface area contributed by atoms with E-state index in [2.05, 4.69) is 16.8 Å². The van der Waals surface area contributed by atoms with E-state index in [9.17, 15) is 4.79 Å². The second kappa shape index (κ2) is 7.25. The Morgan fingerprint density at radius 1 is 1.16 bits per heavy atom. The molecule has 0 bridgehead atoms. The van der Waals surface area contributed by atoms with Crippen LogP contribution >= 0.6 is 0 Å². The zero-order chi connectivity index (χ0) is 17.2. The van der Waals surface area contributed by atoms with Crippen molar-refractivity contribution >= 4 is 11.7 Å². The van der Waals surface area contributed by atoms with Crippen LogP contribution < -0.4 is 4.90 Å². The first-order valence-electron chi connectivity index (χ1n) is 9.26. The predicted molar refractivity (Wildman–Crippen MR) is 92.2 cm³/mol. The molecule has 7 nitrogen and oxygen atoms in total. The lowest BCUT2D eigenvalue weighted by atomic mass is 9.75. The number of aromatic nitrogens is 2. The molecule has 7 heteroatoms. The molecule has 0 spiro atoms. The summed E-state index contributed by atoms with van der Waals surface area (Å²) in [5.41, 5.74) is 0. The maximum atomic E-state index is 12.9. The highest BCUT2D eigenvalue weighted by Gasteiger charge is 2.39. The van der Waals surface area contributed by atoms with Crippen molar-refractivity contribution in [2.75, 3.05) is 51.0 Å². The second-order valence-electron chi connectivity index (χ2n) is 7.27. The molecule has 25 heavy (non-hydrogen) atoms. The summed E-state index contributed by atoms with van der Waals surface area (Å²) in [6.07, 6.45) is 3.78. The number of hydrogen-bond donors (Lipinski definition) is 0. The lowest BCUT2D eigenvalue weighted by Gasteiger charge is -2.41. The van der Waals surface area contributed by atoms with Gasteiger partial charge in [-0.2, -0.15) is 0 Å². The number of amides is 1. The van der Waals surface area contributed by atoms with Gasteiger partial charge in [-0.3, -0.25) is 4.79 Å². The van der Waals surface area contributed by atoms with Crippen molar-refractivity contribution in [3.63, 3.8) is 0 Å². The van der Waals surface area contributed by atoms with Crippen LogP contribution in [0.5, 0.6) is 0 Å². The molecule has 1 atom stereocenters. The van der Waals surface area contributed by atoms with Gasteiger partial charge in [0, 0.05) is 31.7 Å². The largest absolute Gasteiger partial charge is 0.378 e. The third-order valence-corrected chi connectivity index (χ3v) is 5.43. The Bertz CT molecular complexity index is 614. The van der Waals surface area contributed by atoms with Crippen molar-refractivity contribution in [2.24, 2.45) is 11.8 Å². The zero-order valence-corrected chi connectivity index (χ0v) is 14.8. The van der Waals surface area contributed by atoms with Gasteiger partial charge in [-0.25, -0.2) is 9.97 Å². The first-order chi connectivity index (χ1) is 12.2. The molecule has 0 aromatic carbocycles. The average Bonchev–Trinajstić information content (AvgIpc) is 2.66. The maximum absolute atomic E-state index is 12.9. The van der Waals surface area contributed by atoms with E-state index in [1.165, 1.54) is 0 Å². The van der Waals surface area contributed by atoms with Crippen LogP contribution in [-0.4, -0.2) is 66.8 Å². The Kier molecular flexibility index (Phi) is 4.85. The monoisotopic (exact) mass is 346 g/mol. The number of rotatable bonds is 3. The molecule has 2 aliphatic heterocycles. The summed E-state index contributed by atoms with van der Waals surface area (Å²) >= 11 is 0. The van der Waals surface area contributed by atoms with Gasteiger partial charge in [0.25, 0.3) is 0 Å². The molecule has 4 rings (SSSR count). The van der Waals surface area contributed by atoms with E-state index in [4.69, 9.17) is 14.5 Å². The van der Waals surface area contributed by atoms with E-state index in [0.717, 1.165) is 45.0 Å². The van der Waals surface area contributed by atoms with Gasteiger partial charge >= 0.3 is 0 Å². The SMILES string of the molecule is CC1CC(C(=O)N2CCOC[C@H]2c2nccc(N3CCOCC3)n2)C1. The van der Waals surface area contributed by atoms with Crippen molar-refractivity contribution < 1.29 is 14.3 Å². The Hall–Kier alpha value is -1.73. The highest BCUT2D eigenvalue weighted by molar-refractivity contribution is 5.80. The van der Waals surface area contributed by atoms with Crippen molar-refractivity contribution in [3.05, 3.63) is 18.1 Å². The van der Waals surface area contributed by atoms with Gasteiger partial charge in [-0.05, 0) is 24.8 Å². The molecule has 2 saturated heterocycles. The molecule has 1 aliphatic carbocycles. The molecule has 0 N–H and O–H groups in total. The molecule has 136 valence electrons. The average molecular weight is 346 g/mol. The van der Waals surface area contributed by atoms with Gasteiger partial charge in [-0.15, -0.1) is 0 Å². The third kappa shape index (κ3) is 3.48. The van der Waals surface area contributed by atoms with Gasteiger partial charge in [0.05, 0.1) is 26.4 Å². The molecule has 3 fully saturated rings. The molecular formula is C18H26N4O3. The van der Waals surface area contributed by atoms with Gasteiger partial charge in [0.2, 0.25) is 5.91 Å². The quantitative estimate of drug-likeness (QED) is 0.821. The van der Waals surface area contributed by atoms with Crippen molar-refractivity contribution in [2.45, 2.75) is 25.8 Å². The summed E-state index contributed by atoms with van der Waals surface area (Å²) in [7, 11) is 0. The number of carbonyl (C=O) groups is 1. The van der Waals surface area contributed by atoms with Crippen LogP contribution in [0.15, 0.2) is 12.3 Å². The topological polar surface area (TPSA) is 67.8 Å². The van der Waals surface area contributed by atoms with E-state index in [1.807, 2.05) is 11.0 Å². The molecule has 1 aromatic heterocycles. The number of nitrogens with zero attached hydrogens (tertiary/aromatic N) is 4. The minimum absolute atomic E-state index is 0.165. The van der Waals surface area contributed by atoms with E-state index >= 15 is 0 Å². The Morgan fingerprint density at radius 2 is 1.92 bits per heavy atom. The van der Waals surface area contributed by atoms with Crippen LogP contribution in [0.4, 0.5) is 5.82 Å². The summed E-state index contributed by atoms with van der Waals surface area (Å²) in [6.45, 7) is 7.00. The summed E-state index contributed by atoms with van der Waals surface area (Å²) in [5, 5.41) is 0. The van der Waals surface area contributed by atoms with Crippen molar-refractivity contribution in [1.82, 2.24) is 14.9 Å². The molecule has 1 saturated carbocycles. The highest BCUT2D eigenvalue weighted by Crippen LogP contribution is 2.36. The first kappa shape index (κ1) is 16.7. The number of hydrogen-bond acceptors (Lipinski definition) is 6. The number of anilines is 1. The summed E-state index contributed by atoms with van der Waals surface area (Å²) < 4.78 is 11.1. The standard InChI is InChI=1S/C18H26N4O3/c1-13-10-14(11-13)18(23)22-6-9-25-12-15(22)17-19-3-2-16(20-17)21-4-7-24-8-5-21/h2-3,13-15H,4-12H2,1H3/t13?,14?,15-/m0/s1. The lowest BCUT2D eigenvalue weighted by Crippen LogP contribution is -2.49. The first-order valence-corrected chi connectivity index (χ1v) is 9.26. The van der Waals surface area contributed by atoms with Gasteiger partial charge in [0.1, 0.15) is 11.9 Å². The Labute approximate surface area is 148 Å². The number of ether oxygens (including phenoxy) is 2. The summed E-state index contributed by atoms with van der Waals surface area (Å²) in [6, 6.07) is 1.75. The summed E-state index contributed by atoms with van der Waals surface area (Å²) in [4.78, 5) is 26.3. The minimum atomic E-state index is -0.182. The smallest absolute Gasteiger partial charge is 0.226 e. The molecule has 0 unspecified atom stereocenters. The van der Waals surface area contributed by atoms with Crippen LogP contribution in [0, 0.1) is 11.8 Å². The van der Waals surface area contributed by atoms with Crippen molar-refractivity contribution in [3.8, 4) is 0 Å². The molecule has 1 amide bonds. The van der Waals surface area contributed by atoms with Gasteiger partial charge in [0.15, 0.2) is 5.82 Å². The molecule has 0 radical (unpaired) electrons. The minimum Gasteiger partial charge on any atom is -0.378 e. The fraction of sp³-hybridized carbons (Fsp3) is 0.722. The fourth-order valence-electron chi connectivity index (χ4n) is 3.91. The Balaban J connectivity index is 1.52. The highest BCUT2D eigenvalue weighted by atomic mass is 16.5. The predicted octanol–water partition coefficient (Wildman–Crippen LogP) is 1.26.